The van der Waals surface area contributed by atoms with Crippen molar-refractivity contribution in [3.05, 3.63) is 47.0 Å². The Balaban J connectivity index is 1.56. The fraction of sp³-hybridized carbons (Fsp3) is 0.690. The summed E-state index contributed by atoms with van der Waals surface area (Å²) in [5, 5.41) is 51.0. The van der Waals surface area contributed by atoms with Gasteiger partial charge in [-0.25, -0.2) is 19.2 Å². The van der Waals surface area contributed by atoms with Gasteiger partial charge in [-0.15, -0.1) is 0 Å². The van der Waals surface area contributed by atoms with Gasteiger partial charge in [-0.1, -0.05) is 52.8 Å². The summed E-state index contributed by atoms with van der Waals surface area (Å²) in [6.45, 7) is 15.5. The van der Waals surface area contributed by atoms with Gasteiger partial charge in [0.15, 0.2) is 30.0 Å². The van der Waals surface area contributed by atoms with Gasteiger partial charge in [0.05, 0.1) is 36.3 Å². The van der Waals surface area contributed by atoms with Gasteiger partial charge in [0.25, 0.3) is 0 Å². The van der Waals surface area contributed by atoms with Crippen LogP contribution in [0, 0.1) is 22.7 Å². The highest BCUT2D eigenvalue weighted by Gasteiger charge is 2.82. The third-order valence-electron chi connectivity index (χ3n) is 12.9. The predicted molar refractivity (Wildman–Crippen MR) is 203 cm³/mol. The smallest absolute Gasteiger partial charge is 0.454 e. The lowest BCUT2D eigenvalue weighted by atomic mass is 9.44. The van der Waals surface area contributed by atoms with E-state index in [-0.39, 0.29) is 42.1 Å². The first-order valence-corrected chi connectivity index (χ1v) is 19.9. The fourth-order valence-corrected chi connectivity index (χ4v) is 10.3. The molecule has 1 amide bonds. The van der Waals surface area contributed by atoms with Gasteiger partial charge in [-0.2, -0.15) is 0 Å². The molecule has 17 heteroatoms. The van der Waals surface area contributed by atoms with Crippen LogP contribution in [0.25, 0.3) is 0 Å². The number of aliphatic hydroxyl groups is 4. The monoisotopic (exact) mass is 831 g/mol. The maximum Gasteiger partial charge on any atom is 0.509 e. The quantitative estimate of drug-likeness (QED) is 0.137. The van der Waals surface area contributed by atoms with Crippen molar-refractivity contribution in [1.82, 2.24) is 5.32 Å². The summed E-state index contributed by atoms with van der Waals surface area (Å²) in [7, 11) is 0. The zero-order valence-electron chi connectivity index (χ0n) is 35.0. The molecule has 1 aromatic carbocycles. The van der Waals surface area contributed by atoms with Gasteiger partial charge in [-0.3, -0.25) is 4.79 Å². The molecular weight excluding hydrogens is 774 g/mol. The standard InChI is InChI=1S/C42H57NO16/c1-19(2)16-23(43-36(51)58-38(5,6)7)27(46)35(50)54-29-20(3)26-28(47)31(48)40(10)24(45)17-25-41(18-53-25,57-21(4)44)30(40)33(55-34(49)22-14-12-11-13-15-22)42(39(26,8)9)32(29)56-37(52)59-42/h11-15,19,23-25,27-33,45-48H,16-18H2,1-10H3,(H,43,51)/t23-,24-,25+,27+,28+,29+,30-,31+,32-,33-,40+,41-,42+/m0/s1. The summed E-state index contributed by atoms with van der Waals surface area (Å²) in [4.78, 5) is 68.1. The highest BCUT2D eigenvalue weighted by Crippen LogP contribution is 2.67. The molecule has 5 N–H and O–H groups in total. The van der Waals surface area contributed by atoms with Crippen molar-refractivity contribution in [2.75, 3.05) is 6.61 Å². The predicted octanol–water partition coefficient (Wildman–Crippen LogP) is 2.88. The number of fused-ring (bicyclic) bond motifs is 4. The third-order valence-corrected chi connectivity index (χ3v) is 12.9. The van der Waals surface area contributed by atoms with Gasteiger partial charge in [0.2, 0.25) is 5.60 Å². The lowest BCUT2D eigenvalue weighted by Crippen LogP contribution is -2.83. The lowest BCUT2D eigenvalue weighted by molar-refractivity contribution is -0.364. The van der Waals surface area contributed by atoms with E-state index in [9.17, 15) is 44.4 Å². The summed E-state index contributed by atoms with van der Waals surface area (Å²) >= 11 is 0. The highest BCUT2D eigenvalue weighted by atomic mass is 16.8. The van der Waals surface area contributed by atoms with Gasteiger partial charge < -0.3 is 58.9 Å². The number of hydrogen-bond acceptors (Lipinski definition) is 16. The summed E-state index contributed by atoms with van der Waals surface area (Å²) in [6, 6.07) is 6.61. The van der Waals surface area contributed by atoms with Crippen molar-refractivity contribution < 1.29 is 77.6 Å². The van der Waals surface area contributed by atoms with E-state index in [2.05, 4.69) is 5.32 Å². The van der Waals surface area contributed by atoms with Crippen LogP contribution in [0.3, 0.4) is 0 Å². The van der Waals surface area contributed by atoms with E-state index in [0.717, 1.165) is 6.92 Å². The molecule has 0 unspecified atom stereocenters. The molecular formula is C42H57NO16. The highest BCUT2D eigenvalue weighted by molar-refractivity contribution is 5.89. The first-order valence-electron chi connectivity index (χ1n) is 19.9. The van der Waals surface area contributed by atoms with Crippen LogP contribution in [-0.4, -0.2) is 129 Å². The first kappa shape index (κ1) is 44.3. The second kappa shape index (κ2) is 15.3. The van der Waals surface area contributed by atoms with E-state index >= 15 is 0 Å². The number of ether oxygens (including phenoxy) is 7. The van der Waals surface area contributed by atoms with Gasteiger partial charge in [-0.05, 0) is 63.3 Å². The van der Waals surface area contributed by atoms with E-state index < -0.39 is 119 Å². The van der Waals surface area contributed by atoms with Crippen molar-refractivity contribution in [3.8, 4) is 0 Å². The van der Waals surface area contributed by atoms with E-state index in [4.69, 9.17) is 33.2 Å². The molecule has 0 aromatic heterocycles. The number of alkyl carbamates (subject to hydrolysis) is 1. The fourth-order valence-electron chi connectivity index (χ4n) is 10.3. The SMILES string of the molecule is CC(=O)O[C@@]12CO[C@@H]1C[C@H](O)[C@@]1(C)[C@H](O)[C@H](O)C3=C(C)[C@@H](OC(=O)[C@H](O)[C@H](CC(C)C)NC(=O)OC(C)(C)C)[C@@H]4OC(=O)O[C@]4([C@@H](OC(=O)c4ccccc4)[C@H]21)C3(C)C. The Morgan fingerprint density at radius 3 is 2.22 bits per heavy atom. The molecule has 4 fully saturated rings. The Kier molecular flexibility index (Phi) is 11.5. The molecule has 2 aliphatic heterocycles. The lowest BCUT2D eigenvalue weighted by Gasteiger charge is -2.68. The van der Waals surface area contributed by atoms with E-state index in [0.29, 0.717) is 0 Å². The molecule has 6 rings (SSSR count). The number of esters is 3. The van der Waals surface area contributed by atoms with Gasteiger partial charge in [0.1, 0.15) is 17.8 Å². The minimum absolute atomic E-state index is 0.00129. The molecule has 2 bridgehead atoms. The molecule has 3 aliphatic carbocycles. The number of amides is 1. The van der Waals surface area contributed by atoms with Crippen LogP contribution in [0.2, 0.25) is 0 Å². The Morgan fingerprint density at radius 1 is 1.02 bits per heavy atom. The summed E-state index contributed by atoms with van der Waals surface area (Å²) in [5.41, 5.74) is -8.29. The minimum Gasteiger partial charge on any atom is -0.454 e. The molecule has 1 spiro atoms. The molecule has 2 saturated carbocycles. The van der Waals surface area contributed by atoms with Crippen LogP contribution in [0.1, 0.15) is 92.4 Å². The van der Waals surface area contributed by atoms with Crippen molar-refractivity contribution in [2.45, 2.75) is 154 Å². The zero-order valence-corrected chi connectivity index (χ0v) is 35.0. The van der Waals surface area contributed by atoms with Crippen LogP contribution in [0.15, 0.2) is 41.5 Å². The van der Waals surface area contributed by atoms with Crippen molar-refractivity contribution in [1.29, 1.82) is 0 Å². The second-order valence-electron chi connectivity index (χ2n) is 18.6. The third kappa shape index (κ3) is 7.15. The molecule has 2 heterocycles. The maximum absolute atomic E-state index is 14.3. The molecule has 2 saturated heterocycles. The molecule has 5 aliphatic rings. The van der Waals surface area contributed by atoms with Gasteiger partial charge >= 0.3 is 30.2 Å². The normalized spacial score (nSPS) is 36.7. The number of hydrogen-bond donors (Lipinski definition) is 5. The number of aliphatic hydroxyl groups excluding tert-OH is 4. The molecule has 17 nitrogen and oxygen atoms in total. The topological polar surface area (TPSA) is 243 Å². The molecule has 59 heavy (non-hydrogen) atoms. The molecule has 326 valence electrons. The van der Waals surface area contributed by atoms with Crippen molar-refractivity contribution in [3.63, 3.8) is 0 Å². The van der Waals surface area contributed by atoms with E-state index in [1.807, 2.05) is 13.8 Å². The van der Waals surface area contributed by atoms with Crippen LogP contribution >= 0.6 is 0 Å². The van der Waals surface area contributed by atoms with Crippen LogP contribution in [-0.2, 0) is 42.7 Å². The number of rotatable bonds is 9. The Bertz CT molecular complexity index is 1870. The number of carbonyl (C=O) groups is 5. The Hall–Kier alpha value is -4.29. The summed E-state index contributed by atoms with van der Waals surface area (Å²) in [5.74, 6) is -4.61. The van der Waals surface area contributed by atoms with Crippen LogP contribution in [0.5, 0.6) is 0 Å². The Labute approximate surface area is 342 Å². The van der Waals surface area contributed by atoms with Gasteiger partial charge in [0, 0.05) is 24.2 Å². The largest absolute Gasteiger partial charge is 0.509 e. The average Bonchev–Trinajstić information content (AvgIpc) is 3.49. The maximum atomic E-state index is 14.3. The summed E-state index contributed by atoms with van der Waals surface area (Å²) in [6.07, 6.45) is -15.7. The van der Waals surface area contributed by atoms with E-state index in [1.54, 1.807) is 52.8 Å². The second-order valence-corrected chi connectivity index (χ2v) is 18.6. The molecule has 1 aromatic rings. The zero-order chi connectivity index (χ0) is 43.8. The minimum atomic E-state index is -2.28. The first-order chi connectivity index (χ1) is 27.3. The molecule has 0 radical (unpaired) electrons. The van der Waals surface area contributed by atoms with Crippen molar-refractivity contribution >= 4 is 30.2 Å². The molecule has 13 atom stereocenters. The van der Waals surface area contributed by atoms with Crippen LogP contribution < -0.4 is 5.32 Å². The number of carbonyl (C=O) groups excluding carboxylic acids is 5. The van der Waals surface area contributed by atoms with Crippen molar-refractivity contribution in [2.24, 2.45) is 22.7 Å². The average molecular weight is 832 g/mol. The van der Waals surface area contributed by atoms with E-state index in [1.165, 1.54) is 26.0 Å². The summed E-state index contributed by atoms with van der Waals surface area (Å²) < 4.78 is 42.1. The Morgan fingerprint density at radius 2 is 1.66 bits per heavy atom. The van der Waals surface area contributed by atoms with Crippen LogP contribution in [0.4, 0.5) is 9.59 Å². The number of nitrogens with one attached hydrogen (secondary N) is 1. The number of benzene rings is 1.